The van der Waals surface area contributed by atoms with Crippen LogP contribution >= 0.6 is 0 Å². The average molecular weight is 231 g/mol. The van der Waals surface area contributed by atoms with Gasteiger partial charge in [0.25, 0.3) is 0 Å². The fourth-order valence-electron chi connectivity index (χ4n) is 1.33. The zero-order valence-electron chi connectivity index (χ0n) is 10.3. The van der Waals surface area contributed by atoms with E-state index in [9.17, 15) is 0 Å². The van der Waals surface area contributed by atoms with Gasteiger partial charge in [-0.3, -0.25) is 16.0 Å². The first-order valence-corrected chi connectivity index (χ1v) is 5.55. The van der Waals surface area contributed by atoms with E-state index in [4.69, 9.17) is 0 Å². The summed E-state index contributed by atoms with van der Waals surface area (Å²) in [5.41, 5.74) is 7.13. The lowest BCUT2D eigenvalue weighted by molar-refractivity contribution is 0.567. The maximum absolute atomic E-state index is 4.17. The van der Waals surface area contributed by atoms with E-state index >= 15 is 0 Å². The second-order valence-electron chi connectivity index (χ2n) is 4.88. The molecule has 0 atom stereocenters. The number of pyridine rings is 1. The first-order chi connectivity index (χ1) is 8.05. The van der Waals surface area contributed by atoms with Crippen LogP contribution in [0.1, 0.15) is 26.5 Å². The first kappa shape index (κ1) is 11.4. The average Bonchev–Trinajstić information content (AvgIpc) is 2.76. The number of hydrazine groups is 1. The quantitative estimate of drug-likeness (QED) is 0.710. The van der Waals surface area contributed by atoms with Gasteiger partial charge in [0, 0.05) is 23.4 Å². The second kappa shape index (κ2) is 4.45. The van der Waals surface area contributed by atoms with E-state index in [1.807, 2.05) is 24.3 Å². The molecule has 2 rings (SSSR count). The van der Waals surface area contributed by atoms with Crippen LogP contribution in [0.15, 0.2) is 30.5 Å². The van der Waals surface area contributed by atoms with E-state index in [2.05, 4.69) is 46.8 Å². The van der Waals surface area contributed by atoms with Gasteiger partial charge in [-0.1, -0.05) is 26.8 Å². The van der Waals surface area contributed by atoms with Crippen molar-refractivity contribution in [3.63, 3.8) is 0 Å². The summed E-state index contributed by atoms with van der Waals surface area (Å²) in [7, 11) is 0. The molecule has 0 unspecified atom stereocenters. The summed E-state index contributed by atoms with van der Waals surface area (Å²) < 4.78 is 0. The summed E-state index contributed by atoms with van der Waals surface area (Å²) in [6.45, 7) is 6.41. The summed E-state index contributed by atoms with van der Waals surface area (Å²) in [5, 5.41) is 7.18. The van der Waals surface area contributed by atoms with Crippen molar-refractivity contribution in [2.24, 2.45) is 0 Å². The molecule has 0 aromatic carbocycles. The van der Waals surface area contributed by atoms with Gasteiger partial charge in [0.2, 0.25) is 0 Å². The number of aromatic nitrogens is 3. The molecule has 0 bridgehead atoms. The highest BCUT2D eigenvalue weighted by Crippen LogP contribution is 2.21. The summed E-state index contributed by atoms with van der Waals surface area (Å²) in [4.78, 5) is 4.14. The van der Waals surface area contributed by atoms with E-state index in [0.717, 1.165) is 17.3 Å². The minimum absolute atomic E-state index is 0.0674. The van der Waals surface area contributed by atoms with Crippen LogP contribution in [-0.4, -0.2) is 15.2 Å². The number of hydrogen-bond donors (Lipinski definition) is 3. The molecule has 17 heavy (non-hydrogen) atoms. The summed E-state index contributed by atoms with van der Waals surface area (Å²) in [6.07, 6.45) is 1.73. The topological polar surface area (TPSA) is 65.6 Å². The Labute approximate surface area is 101 Å². The highest BCUT2D eigenvalue weighted by molar-refractivity contribution is 5.45. The predicted molar refractivity (Wildman–Crippen MR) is 68.8 cm³/mol. The fourth-order valence-corrected chi connectivity index (χ4v) is 1.33. The van der Waals surface area contributed by atoms with Crippen LogP contribution in [0.5, 0.6) is 0 Å². The molecular weight excluding hydrogens is 214 g/mol. The van der Waals surface area contributed by atoms with Crippen LogP contribution in [0.2, 0.25) is 0 Å². The molecule has 0 amide bonds. The van der Waals surface area contributed by atoms with Gasteiger partial charge in [0.05, 0.1) is 0 Å². The molecule has 0 aliphatic heterocycles. The predicted octanol–water partition coefficient (Wildman–Crippen LogP) is 2.54. The maximum Gasteiger partial charge on any atom is 0.166 e. The molecular formula is C12H17N5. The van der Waals surface area contributed by atoms with Gasteiger partial charge in [-0.2, -0.15) is 5.10 Å². The lowest BCUT2D eigenvalue weighted by atomic mass is 9.92. The number of rotatable bonds is 3. The molecule has 0 aliphatic rings. The molecule has 2 heterocycles. The van der Waals surface area contributed by atoms with E-state index in [1.165, 1.54) is 0 Å². The Balaban J connectivity index is 1.99. The third kappa shape index (κ3) is 2.96. The Bertz CT molecular complexity index is 469. The van der Waals surface area contributed by atoms with Crippen LogP contribution in [0, 0.1) is 0 Å². The van der Waals surface area contributed by atoms with Crippen molar-refractivity contribution in [1.82, 2.24) is 15.2 Å². The van der Waals surface area contributed by atoms with E-state index in [-0.39, 0.29) is 5.41 Å². The second-order valence-corrected chi connectivity index (χ2v) is 4.88. The molecule has 0 radical (unpaired) electrons. The minimum Gasteiger partial charge on any atom is -0.283 e. The normalized spacial score (nSPS) is 11.2. The number of anilines is 2. The molecule has 5 heteroatoms. The van der Waals surface area contributed by atoms with Gasteiger partial charge in [-0.25, -0.2) is 4.98 Å². The molecule has 3 N–H and O–H groups in total. The lowest BCUT2D eigenvalue weighted by Gasteiger charge is -2.14. The van der Waals surface area contributed by atoms with Crippen LogP contribution in [0.25, 0.3) is 0 Å². The molecule has 2 aromatic heterocycles. The molecule has 0 fully saturated rings. The van der Waals surface area contributed by atoms with Crippen molar-refractivity contribution < 1.29 is 0 Å². The zero-order valence-corrected chi connectivity index (χ0v) is 10.3. The number of nitrogens with one attached hydrogen (secondary N) is 3. The van der Waals surface area contributed by atoms with Crippen molar-refractivity contribution in [1.29, 1.82) is 0 Å². The minimum atomic E-state index is 0.0674. The van der Waals surface area contributed by atoms with Crippen molar-refractivity contribution in [3.05, 3.63) is 36.2 Å². The van der Waals surface area contributed by atoms with E-state index in [1.54, 1.807) is 6.20 Å². The van der Waals surface area contributed by atoms with Crippen LogP contribution in [-0.2, 0) is 5.41 Å². The van der Waals surface area contributed by atoms with Gasteiger partial charge in [0.15, 0.2) is 5.82 Å². The summed E-state index contributed by atoms with van der Waals surface area (Å²) in [6, 6.07) is 7.65. The highest BCUT2D eigenvalue weighted by atomic mass is 15.4. The molecule has 0 saturated heterocycles. The standard InChI is InChI=1S/C12H17N5/c1-12(2,3)9-8-11(16-14-9)17-15-10-6-4-5-7-13-10/h4-8H,1-3H3,(H,13,15)(H2,14,16,17). The third-order valence-corrected chi connectivity index (χ3v) is 2.37. The first-order valence-electron chi connectivity index (χ1n) is 5.55. The summed E-state index contributed by atoms with van der Waals surface area (Å²) >= 11 is 0. The van der Waals surface area contributed by atoms with E-state index < -0.39 is 0 Å². The van der Waals surface area contributed by atoms with Crippen LogP contribution in [0.3, 0.4) is 0 Å². The van der Waals surface area contributed by atoms with Crippen molar-refractivity contribution in [3.8, 4) is 0 Å². The Morgan fingerprint density at radius 1 is 1.12 bits per heavy atom. The molecule has 0 aliphatic carbocycles. The fraction of sp³-hybridized carbons (Fsp3) is 0.333. The molecule has 2 aromatic rings. The SMILES string of the molecule is CC(C)(C)c1cc(NNc2ccccn2)n[nH]1. The Kier molecular flexibility index (Phi) is 2.99. The maximum atomic E-state index is 4.17. The Morgan fingerprint density at radius 2 is 1.88 bits per heavy atom. The van der Waals surface area contributed by atoms with Crippen molar-refractivity contribution in [2.45, 2.75) is 26.2 Å². The number of nitrogens with zero attached hydrogens (tertiary/aromatic N) is 2. The number of hydrogen-bond acceptors (Lipinski definition) is 4. The van der Waals surface area contributed by atoms with Crippen LogP contribution < -0.4 is 10.9 Å². The zero-order chi connectivity index (χ0) is 12.3. The molecule has 0 spiro atoms. The Hall–Kier alpha value is -2.04. The lowest BCUT2D eigenvalue weighted by Crippen LogP contribution is -2.11. The smallest absolute Gasteiger partial charge is 0.166 e. The van der Waals surface area contributed by atoms with Gasteiger partial charge >= 0.3 is 0 Å². The van der Waals surface area contributed by atoms with Gasteiger partial charge in [-0.05, 0) is 12.1 Å². The van der Waals surface area contributed by atoms with Gasteiger partial charge in [-0.15, -0.1) is 0 Å². The third-order valence-electron chi connectivity index (χ3n) is 2.37. The van der Waals surface area contributed by atoms with Crippen molar-refractivity contribution in [2.75, 3.05) is 10.9 Å². The van der Waals surface area contributed by atoms with Crippen LogP contribution in [0.4, 0.5) is 11.6 Å². The highest BCUT2D eigenvalue weighted by Gasteiger charge is 2.16. The largest absolute Gasteiger partial charge is 0.283 e. The Morgan fingerprint density at radius 3 is 2.47 bits per heavy atom. The van der Waals surface area contributed by atoms with E-state index in [0.29, 0.717) is 0 Å². The molecule has 90 valence electrons. The number of H-pyrrole nitrogens is 1. The van der Waals surface area contributed by atoms with Gasteiger partial charge < -0.3 is 0 Å². The van der Waals surface area contributed by atoms with Gasteiger partial charge in [0.1, 0.15) is 5.82 Å². The summed E-state index contributed by atoms with van der Waals surface area (Å²) in [5.74, 6) is 1.51. The molecule has 5 nitrogen and oxygen atoms in total. The molecule has 0 saturated carbocycles. The van der Waals surface area contributed by atoms with Crippen molar-refractivity contribution >= 4 is 11.6 Å². The monoisotopic (exact) mass is 231 g/mol. The number of aromatic amines is 1.